The molecule has 1 heterocycles. The van der Waals surface area contributed by atoms with Crippen LogP contribution in [0.5, 0.6) is 0 Å². The van der Waals surface area contributed by atoms with Gasteiger partial charge in [0.2, 0.25) is 0 Å². The predicted molar refractivity (Wildman–Crippen MR) is 82.4 cm³/mol. The zero-order valence-corrected chi connectivity index (χ0v) is 13.6. The van der Waals surface area contributed by atoms with E-state index in [2.05, 4.69) is 40.2 Å². The Labute approximate surface area is 127 Å². The molecule has 0 aliphatic carbocycles. The van der Waals surface area contributed by atoms with Crippen LogP contribution in [0.25, 0.3) is 0 Å². The molecule has 0 unspecified atom stereocenters. The van der Waals surface area contributed by atoms with Crippen LogP contribution in [0, 0.1) is 5.92 Å². The van der Waals surface area contributed by atoms with E-state index in [4.69, 9.17) is 10.6 Å². The zero-order chi connectivity index (χ0) is 15.1. The third-order valence-corrected chi connectivity index (χ3v) is 3.09. The topological polar surface area (TPSA) is 80.5 Å². The van der Waals surface area contributed by atoms with Crippen LogP contribution in [0.15, 0.2) is 16.7 Å². The van der Waals surface area contributed by atoms with Gasteiger partial charge in [0.1, 0.15) is 0 Å². The van der Waals surface area contributed by atoms with Crippen LogP contribution < -0.4 is 11.3 Å². The monoisotopic (exact) mass is 344 g/mol. The molecule has 0 fully saturated rings. The summed E-state index contributed by atoms with van der Waals surface area (Å²) in [6.07, 6.45) is 1.59. The average molecular weight is 345 g/mol. The van der Waals surface area contributed by atoms with Crippen LogP contribution in [0.2, 0.25) is 0 Å². The highest BCUT2D eigenvalue weighted by Crippen LogP contribution is 2.19. The third-order valence-electron chi connectivity index (χ3n) is 2.66. The fraction of sp³-hybridized carbons (Fsp3) is 0.538. The largest absolute Gasteiger partial charge is 0.383 e. The molecule has 0 aromatic carbocycles. The lowest BCUT2D eigenvalue weighted by molar-refractivity contribution is 0.0673. The second kappa shape index (κ2) is 8.18. The molecule has 112 valence electrons. The molecule has 0 spiro atoms. The van der Waals surface area contributed by atoms with Gasteiger partial charge in [0, 0.05) is 30.9 Å². The number of hydrazine groups is 1. The Morgan fingerprint density at radius 2 is 2.30 bits per heavy atom. The number of ether oxygens (including phenoxy) is 1. The smallest absolute Gasteiger partial charge is 0.257 e. The van der Waals surface area contributed by atoms with Gasteiger partial charge in [-0.15, -0.1) is 0 Å². The van der Waals surface area contributed by atoms with E-state index < -0.39 is 0 Å². The number of pyridine rings is 1. The molecule has 1 aromatic heterocycles. The van der Waals surface area contributed by atoms with Gasteiger partial charge < -0.3 is 15.1 Å². The van der Waals surface area contributed by atoms with Crippen molar-refractivity contribution in [2.24, 2.45) is 11.8 Å². The molecule has 7 heteroatoms. The van der Waals surface area contributed by atoms with Crippen molar-refractivity contribution < 1.29 is 9.53 Å². The lowest BCUT2D eigenvalue weighted by atomic mass is 10.1. The van der Waals surface area contributed by atoms with Crippen molar-refractivity contribution >= 4 is 27.7 Å². The number of nitrogen functional groups attached to an aromatic ring is 1. The fourth-order valence-electron chi connectivity index (χ4n) is 1.81. The van der Waals surface area contributed by atoms with Gasteiger partial charge in [-0.3, -0.25) is 4.79 Å². The van der Waals surface area contributed by atoms with Crippen LogP contribution in [0.1, 0.15) is 24.2 Å². The summed E-state index contributed by atoms with van der Waals surface area (Å²) in [5.74, 6) is 6.03. The molecule has 0 saturated carbocycles. The van der Waals surface area contributed by atoms with Gasteiger partial charge in [-0.1, -0.05) is 13.8 Å². The maximum Gasteiger partial charge on any atom is 0.257 e. The molecule has 0 aliphatic heterocycles. The highest BCUT2D eigenvalue weighted by molar-refractivity contribution is 9.10. The second-order valence-electron chi connectivity index (χ2n) is 4.83. The Bertz CT molecular complexity index is 454. The van der Waals surface area contributed by atoms with Crippen LogP contribution in [0.4, 0.5) is 5.82 Å². The normalized spacial score (nSPS) is 10.7. The Morgan fingerprint density at radius 1 is 1.60 bits per heavy atom. The van der Waals surface area contributed by atoms with Crippen molar-refractivity contribution in [3.05, 3.63) is 22.3 Å². The van der Waals surface area contributed by atoms with Gasteiger partial charge in [0.25, 0.3) is 5.91 Å². The standard InChI is InChI=1S/C13H21BrN4O2/c1-9(2)8-18(4-5-20-3)13(19)11-6-10(14)7-16-12(11)17-15/h6-7,9H,4-5,8,15H2,1-3H3,(H,16,17). The molecule has 1 rings (SSSR count). The number of anilines is 1. The first-order valence-electron chi connectivity index (χ1n) is 6.40. The van der Waals surface area contributed by atoms with Crippen LogP contribution in [-0.4, -0.2) is 42.6 Å². The molecule has 1 aromatic rings. The molecule has 6 nitrogen and oxygen atoms in total. The minimum absolute atomic E-state index is 0.113. The number of hydrogen-bond acceptors (Lipinski definition) is 5. The van der Waals surface area contributed by atoms with Gasteiger partial charge in [-0.2, -0.15) is 0 Å². The second-order valence-corrected chi connectivity index (χ2v) is 5.75. The molecule has 0 atom stereocenters. The van der Waals surface area contributed by atoms with Crippen LogP contribution in [0.3, 0.4) is 0 Å². The molecule has 20 heavy (non-hydrogen) atoms. The summed E-state index contributed by atoms with van der Waals surface area (Å²) < 4.78 is 5.79. The number of nitrogens with one attached hydrogen (secondary N) is 1. The van der Waals surface area contributed by atoms with E-state index >= 15 is 0 Å². The summed E-state index contributed by atoms with van der Waals surface area (Å²) in [4.78, 5) is 18.5. The zero-order valence-electron chi connectivity index (χ0n) is 12.0. The van der Waals surface area contributed by atoms with Gasteiger partial charge >= 0.3 is 0 Å². The summed E-state index contributed by atoms with van der Waals surface area (Å²) in [6, 6.07) is 1.71. The molecular formula is C13H21BrN4O2. The van der Waals surface area contributed by atoms with Gasteiger partial charge in [-0.25, -0.2) is 10.8 Å². The Morgan fingerprint density at radius 3 is 2.85 bits per heavy atom. The van der Waals surface area contributed by atoms with Crippen LogP contribution in [-0.2, 0) is 4.74 Å². The minimum Gasteiger partial charge on any atom is -0.383 e. The predicted octanol–water partition coefficient (Wildman–Crippen LogP) is 1.87. The number of hydrogen-bond donors (Lipinski definition) is 2. The number of rotatable bonds is 7. The van der Waals surface area contributed by atoms with Crippen LogP contribution >= 0.6 is 15.9 Å². The molecule has 1 amide bonds. The van der Waals surface area contributed by atoms with E-state index in [0.717, 1.165) is 4.47 Å². The molecule has 0 saturated heterocycles. The first kappa shape index (κ1) is 16.9. The maximum atomic E-state index is 12.6. The van der Waals surface area contributed by atoms with Gasteiger partial charge in [-0.05, 0) is 27.9 Å². The van der Waals surface area contributed by atoms with Crippen molar-refractivity contribution in [2.75, 3.05) is 32.2 Å². The lowest BCUT2D eigenvalue weighted by Crippen LogP contribution is -2.37. The number of nitrogens with zero attached hydrogens (tertiary/aromatic N) is 2. The maximum absolute atomic E-state index is 12.6. The summed E-state index contributed by atoms with van der Waals surface area (Å²) in [5, 5.41) is 0. The number of nitrogens with two attached hydrogens (primary N) is 1. The SMILES string of the molecule is COCCN(CC(C)C)C(=O)c1cc(Br)cnc1NN. The summed E-state index contributed by atoms with van der Waals surface area (Å²) in [7, 11) is 1.62. The highest BCUT2D eigenvalue weighted by atomic mass is 79.9. The number of carbonyl (C=O) groups is 1. The number of methoxy groups -OCH3 is 1. The van der Waals surface area contributed by atoms with E-state index in [-0.39, 0.29) is 5.91 Å². The van der Waals surface area contributed by atoms with Crippen molar-refractivity contribution in [3.8, 4) is 0 Å². The number of halogens is 1. The first-order valence-corrected chi connectivity index (χ1v) is 7.19. The van der Waals surface area contributed by atoms with E-state index in [0.29, 0.717) is 37.0 Å². The summed E-state index contributed by atoms with van der Waals surface area (Å²) >= 11 is 3.32. The molecule has 3 N–H and O–H groups in total. The van der Waals surface area contributed by atoms with Gasteiger partial charge in [0.05, 0.1) is 12.2 Å². The van der Waals surface area contributed by atoms with Crippen molar-refractivity contribution in [3.63, 3.8) is 0 Å². The van der Waals surface area contributed by atoms with Crippen molar-refractivity contribution in [1.29, 1.82) is 0 Å². The average Bonchev–Trinajstić information content (AvgIpc) is 2.42. The number of aromatic nitrogens is 1. The lowest BCUT2D eigenvalue weighted by Gasteiger charge is -2.25. The molecular weight excluding hydrogens is 324 g/mol. The quantitative estimate of drug-likeness (QED) is 0.583. The third kappa shape index (κ3) is 4.73. The Hall–Kier alpha value is -1.18. The van der Waals surface area contributed by atoms with Crippen molar-refractivity contribution in [1.82, 2.24) is 9.88 Å². The number of amides is 1. The van der Waals surface area contributed by atoms with E-state index in [1.54, 1.807) is 24.3 Å². The summed E-state index contributed by atoms with van der Waals surface area (Å²) in [5.41, 5.74) is 2.90. The minimum atomic E-state index is -0.113. The fourth-order valence-corrected chi connectivity index (χ4v) is 2.14. The van der Waals surface area contributed by atoms with E-state index in [9.17, 15) is 4.79 Å². The first-order chi connectivity index (χ1) is 9.49. The molecule has 0 bridgehead atoms. The van der Waals surface area contributed by atoms with E-state index in [1.807, 2.05) is 0 Å². The molecule has 0 radical (unpaired) electrons. The summed E-state index contributed by atoms with van der Waals surface area (Å²) in [6.45, 7) is 5.80. The van der Waals surface area contributed by atoms with Gasteiger partial charge in [0.15, 0.2) is 5.82 Å². The highest BCUT2D eigenvalue weighted by Gasteiger charge is 2.20. The Balaban J connectivity index is 3.00. The molecule has 0 aliphatic rings. The number of carbonyl (C=O) groups excluding carboxylic acids is 1. The Kier molecular flexibility index (Phi) is 6.90. The van der Waals surface area contributed by atoms with Crippen molar-refractivity contribution in [2.45, 2.75) is 13.8 Å². The van der Waals surface area contributed by atoms with E-state index in [1.165, 1.54) is 0 Å².